The lowest BCUT2D eigenvalue weighted by molar-refractivity contribution is 0.417. The molecule has 3 aromatic rings. The molecule has 4 heteroatoms. The van der Waals surface area contributed by atoms with Crippen molar-refractivity contribution in [2.75, 3.05) is 0 Å². The van der Waals surface area contributed by atoms with Crippen LogP contribution in [0.5, 0.6) is 0 Å². The zero-order valence-corrected chi connectivity index (χ0v) is 15.1. The second-order valence-corrected chi connectivity index (χ2v) is 6.72. The van der Waals surface area contributed by atoms with Crippen LogP contribution >= 0.6 is 0 Å². The van der Waals surface area contributed by atoms with Gasteiger partial charge in [-0.2, -0.15) is 0 Å². The normalized spacial score (nSPS) is 11.6. The molecule has 0 saturated carbocycles. The Bertz CT molecular complexity index is 882. The number of benzene rings is 3. The zero-order chi connectivity index (χ0) is 18.8. The molecule has 0 unspecified atom stereocenters. The Balaban J connectivity index is 2.54. The summed E-state index contributed by atoms with van der Waals surface area (Å²) in [6.07, 6.45) is 4.22. The summed E-state index contributed by atoms with van der Waals surface area (Å²) in [6, 6.07) is 7.38. The summed E-state index contributed by atoms with van der Waals surface area (Å²) in [4.78, 5) is 0. The van der Waals surface area contributed by atoms with Crippen molar-refractivity contribution in [1.82, 2.24) is 0 Å². The Morgan fingerprint density at radius 1 is 0.615 bits per heavy atom. The van der Waals surface area contributed by atoms with Crippen LogP contribution in [-0.4, -0.2) is 0 Å². The van der Waals surface area contributed by atoms with Gasteiger partial charge in [0.2, 0.25) is 0 Å². The Kier molecular flexibility index (Phi) is 5.49. The molecular formula is C22H22F4. The highest BCUT2D eigenvalue weighted by atomic mass is 19.2. The summed E-state index contributed by atoms with van der Waals surface area (Å²) >= 11 is 0. The summed E-state index contributed by atoms with van der Waals surface area (Å²) < 4.78 is 57.6. The van der Waals surface area contributed by atoms with Crippen molar-refractivity contribution in [3.8, 4) is 0 Å². The van der Waals surface area contributed by atoms with Crippen molar-refractivity contribution >= 4 is 21.5 Å². The van der Waals surface area contributed by atoms with Crippen molar-refractivity contribution in [3.63, 3.8) is 0 Å². The Morgan fingerprint density at radius 3 is 1.35 bits per heavy atom. The van der Waals surface area contributed by atoms with Crippen molar-refractivity contribution in [3.05, 3.63) is 58.7 Å². The van der Waals surface area contributed by atoms with Crippen LogP contribution in [0.4, 0.5) is 17.6 Å². The van der Waals surface area contributed by atoms with Crippen LogP contribution in [0.1, 0.15) is 50.7 Å². The summed E-state index contributed by atoms with van der Waals surface area (Å²) in [5.41, 5.74) is 1.13. The van der Waals surface area contributed by atoms with Gasteiger partial charge in [-0.05, 0) is 47.6 Å². The van der Waals surface area contributed by atoms with Gasteiger partial charge < -0.3 is 0 Å². The van der Waals surface area contributed by atoms with E-state index in [-0.39, 0.29) is 10.8 Å². The van der Waals surface area contributed by atoms with Gasteiger partial charge in [0.25, 0.3) is 0 Å². The topological polar surface area (TPSA) is 0 Å². The summed E-state index contributed by atoms with van der Waals surface area (Å²) in [6.45, 7) is 3.99. The largest absolute Gasteiger partial charge is 0.203 e. The molecule has 0 aromatic heterocycles. The molecule has 0 heterocycles. The smallest absolute Gasteiger partial charge is 0.198 e. The van der Waals surface area contributed by atoms with Crippen LogP contribution in [0.3, 0.4) is 0 Å². The number of halogens is 4. The van der Waals surface area contributed by atoms with Gasteiger partial charge in [-0.3, -0.25) is 0 Å². The molecule has 0 fully saturated rings. The highest BCUT2D eigenvalue weighted by molar-refractivity contribution is 6.06. The van der Waals surface area contributed by atoms with Gasteiger partial charge in [-0.15, -0.1) is 0 Å². The highest BCUT2D eigenvalue weighted by Gasteiger charge is 2.26. The van der Waals surface area contributed by atoms with Crippen LogP contribution in [0.15, 0.2) is 24.3 Å². The van der Waals surface area contributed by atoms with E-state index < -0.39 is 23.3 Å². The molecule has 0 saturated heterocycles. The molecule has 0 aliphatic rings. The van der Waals surface area contributed by atoms with E-state index in [1.165, 1.54) is 0 Å². The molecule has 0 spiro atoms. The lowest BCUT2D eigenvalue weighted by atomic mass is 9.87. The maximum absolute atomic E-state index is 14.8. The summed E-state index contributed by atoms with van der Waals surface area (Å²) in [5, 5.41) is 1.40. The predicted octanol–water partition coefficient (Wildman–Crippen LogP) is 7.23. The van der Waals surface area contributed by atoms with Gasteiger partial charge in [0.05, 0.1) is 0 Å². The van der Waals surface area contributed by atoms with Crippen LogP contribution in [-0.2, 0) is 12.8 Å². The van der Waals surface area contributed by atoms with Gasteiger partial charge in [0, 0.05) is 10.8 Å². The Hall–Kier alpha value is -2.10. The molecule has 138 valence electrons. The third-order valence-electron chi connectivity index (χ3n) is 5.01. The lowest BCUT2D eigenvalue weighted by Gasteiger charge is -2.18. The fourth-order valence-electron chi connectivity index (χ4n) is 3.70. The molecule has 0 atom stereocenters. The Morgan fingerprint density at radius 2 is 1.00 bits per heavy atom. The van der Waals surface area contributed by atoms with E-state index >= 15 is 0 Å². The van der Waals surface area contributed by atoms with Gasteiger partial charge in [-0.1, -0.05) is 51.0 Å². The Labute approximate surface area is 150 Å². The van der Waals surface area contributed by atoms with E-state index in [1.54, 1.807) is 0 Å². The van der Waals surface area contributed by atoms with E-state index in [0.29, 0.717) is 24.0 Å². The second kappa shape index (κ2) is 7.65. The van der Waals surface area contributed by atoms with Crippen LogP contribution in [0.25, 0.3) is 21.5 Å². The number of hydrogen-bond acceptors (Lipinski definition) is 0. The summed E-state index contributed by atoms with van der Waals surface area (Å²) in [7, 11) is 0. The molecule has 3 aromatic carbocycles. The van der Waals surface area contributed by atoms with Gasteiger partial charge in [0.15, 0.2) is 23.3 Å². The number of fused-ring (bicyclic) bond motifs is 2. The fourth-order valence-corrected chi connectivity index (χ4v) is 3.70. The number of hydrogen-bond donors (Lipinski definition) is 0. The molecule has 0 nitrogen and oxygen atoms in total. The van der Waals surface area contributed by atoms with E-state index in [2.05, 4.69) is 0 Å². The maximum atomic E-state index is 14.8. The lowest BCUT2D eigenvalue weighted by Crippen LogP contribution is -2.05. The molecule has 0 amide bonds. The monoisotopic (exact) mass is 362 g/mol. The van der Waals surface area contributed by atoms with Gasteiger partial charge in [-0.25, -0.2) is 17.6 Å². The molecule has 0 radical (unpaired) electrons. The average Bonchev–Trinajstić information content (AvgIpc) is 2.66. The number of rotatable bonds is 6. The van der Waals surface area contributed by atoms with E-state index in [9.17, 15) is 17.6 Å². The molecule has 0 bridgehead atoms. The average molecular weight is 362 g/mol. The first-order valence-electron chi connectivity index (χ1n) is 9.20. The first kappa shape index (κ1) is 18.7. The minimum absolute atomic E-state index is 0.0975. The SMILES string of the molecule is CCCCc1c2ccccc2c(CCCC)c2c(F)c(F)c(F)c(F)c12. The standard InChI is InChI=1S/C22H22F4/c1-3-5-9-15-13-11-7-8-12-14(13)16(10-6-4-2)18-17(15)19(23)21(25)22(26)20(18)24/h7-8,11-12H,3-6,9-10H2,1-2H3. The first-order valence-corrected chi connectivity index (χ1v) is 9.20. The summed E-state index contributed by atoms with van der Waals surface area (Å²) in [5.74, 6) is -6.03. The number of unbranched alkanes of at least 4 members (excludes halogenated alkanes) is 2. The van der Waals surface area contributed by atoms with Crippen molar-refractivity contribution in [1.29, 1.82) is 0 Å². The predicted molar refractivity (Wildman–Crippen MR) is 98.5 cm³/mol. The highest BCUT2D eigenvalue weighted by Crippen LogP contribution is 2.39. The molecule has 3 rings (SSSR count). The van der Waals surface area contributed by atoms with Gasteiger partial charge in [0.1, 0.15) is 0 Å². The van der Waals surface area contributed by atoms with Crippen LogP contribution in [0, 0.1) is 23.3 Å². The van der Waals surface area contributed by atoms with Crippen molar-refractivity contribution in [2.45, 2.75) is 52.4 Å². The van der Waals surface area contributed by atoms with Gasteiger partial charge >= 0.3 is 0 Å². The molecule has 26 heavy (non-hydrogen) atoms. The van der Waals surface area contributed by atoms with Crippen molar-refractivity contribution in [2.24, 2.45) is 0 Å². The van der Waals surface area contributed by atoms with Crippen LogP contribution in [0.2, 0.25) is 0 Å². The quantitative estimate of drug-likeness (QED) is 0.188. The number of aryl methyl sites for hydroxylation is 2. The van der Waals surface area contributed by atoms with E-state index in [4.69, 9.17) is 0 Å². The minimum Gasteiger partial charge on any atom is -0.203 e. The second-order valence-electron chi connectivity index (χ2n) is 6.72. The maximum Gasteiger partial charge on any atom is 0.198 e. The third-order valence-corrected chi connectivity index (χ3v) is 5.01. The molecular weight excluding hydrogens is 340 g/mol. The van der Waals surface area contributed by atoms with E-state index in [0.717, 1.165) is 36.5 Å². The molecule has 0 N–H and O–H groups in total. The fraction of sp³-hybridized carbons (Fsp3) is 0.364. The third kappa shape index (κ3) is 2.95. The minimum atomic E-state index is -1.73. The van der Waals surface area contributed by atoms with Crippen LogP contribution < -0.4 is 0 Å². The van der Waals surface area contributed by atoms with E-state index in [1.807, 2.05) is 38.1 Å². The zero-order valence-electron chi connectivity index (χ0n) is 15.1. The first-order chi connectivity index (χ1) is 12.5. The molecule has 0 aliphatic carbocycles. The van der Waals surface area contributed by atoms with Crippen molar-refractivity contribution < 1.29 is 17.6 Å². The molecule has 0 aliphatic heterocycles.